The number of anilines is 1. The second kappa shape index (κ2) is 7.19. The van der Waals surface area contributed by atoms with Gasteiger partial charge < -0.3 is 15.4 Å². The number of nitrogens with two attached hydrogens (primary N) is 1. The average Bonchev–Trinajstić information content (AvgIpc) is 2.35. The van der Waals surface area contributed by atoms with Crippen LogP contribution in [0.3, 0.4) is 0 Å². The number of thiocarbonyl (C=S) groups is 1. The molecule has 0 radical (unpaired) electrons. The Bertz CT molecular complexity index is 371. The van der Waals surface area contributed by atoms with Crippen LogP contribution in [0.25, 0.3) is 0 Å². The molecule has 0 saturated heterocycles. The van der Waals surface area contributed by atoms with Crippen molar-refractivity contribution in [2.75, 3.05) is 31.2 Å². The van der Waals surface area contributed by atoms with Gasteiger partial charge >= 0.3 is 0 Å². The molecular weight excluding hydrogens is 234 g/mol. The first kappa shape index (κ1) is 13.9. The van der Waals surface area contributed by atoms with Gasteiger partial charge in [-0.15, -0.1) is 0 Å². The van der Waals surface area contributed by atoms with E-state index >= 15 is 0 Å². The van der Waals surface area contributed by atoms with Crippen molar-refractivity contribution >= 4 is 22.9 Å². The lowest BCUT2D eigenvalue weighted by Crippen LogP contribution is -2.29. The number of aromatic nitrogens is 1. The summed E-state index contributed by atoms with van der Waals surface area (Å²) < 4.78 is 5.36. The van der Waals surface area contributed by atoms with Gasteiger partial charge in [-0.1, -0.05) is 12.2 Å². The highest BCUT2D eigenvalue weighted by molar-refractivity contribution is 7.80. The molecule has 0 aliphatic carbocycles. The predicted octanol–water partition coefficient (Wildman–Crippen LogP) is 1.58. The normalized spacial score (nSPS) is 10.2. The first-order chi connectivity index (χ1) is 8.20. The summed E-state index contributed by atoms with van der Waals surface area (Å²) in [5.41, 5.74) is 7.55. The van der Waals surface area contributed by atoms with E-state index in [4.69, 9.17) is 22.7 Å². The van der Waals surface area contributed by atoms with E-state index in [0.29, 0.717) is 11.6 Å². The lowest BCUT2D eigenvalue weighted by molar-refractivity contribution is 0.154. The standard InChI is InChI=1S/C12H19N3OS/c1-3-15(7-8-16-4-2)11-9-14-6-5-10(11)12(13)17/h5-6,9H,3-4,7-8H2,1-2H3,(H2,13,17). The van der Waals surface area contributed by atoms with E-state index in [-0.39, 0.29) is 0 Å². The SMILES string of the molecule is CCOCCN(CC)c1cnccc1C(N)=S. The van der Waals surface area contributed by atoms with Gasteiger partial charge in [-0.3, -0.25) is 4.98 Å². The maximum atomic E-state index is 5.71. The topological polar surface area (TPSA) is 51.4 Å². The van der Waals surface area contributed by atoms with E-state index in [1.54, 1.807) is 12.4 Å². The number of hydrogen-bond donors (Lipinski definition) is 1. The molecule has 1 rings (SSSR count). The molecule has 5 heteroatoms. The van der Waals surface area contributed by atoms with Crippen LogP contribution >= 0.6 is 12.2 Å². The molecule has 0 saturated carbocycles. The smallest absolute Gasteiger partial charge is 0.106 e. The van der Waals surface area contributed by atoms with E-state index in [2.05, 4.69) is 16.8 Å². The Morgan fingerprint density at radius 2 is 2.29 bits per heavy atom. The van der Waals surface area contributed by atoms with Gasteiger partial charge in [-0.25, -0.2) is 0 Å². The highest BCUT2D eigenvalue weighted by Gasteiger charge is 2.11. The molecule has 0 aliphatic rings. The van der Waals surface area contributed by atoms with Crippen molar-refractivity contribution in [2.24, 2.45) is 5.73 Å². The van der Waals surface area contributed by atoms with Gasteiger partial charge in [0.2, 0.25) is 0 Å². The number of hydrogen-bond acceptors (Lipinski definition) is 4. The molecule has 0 aliphatic heterocycles. The van der Waals surface area contributed by atoms with E-state index < -0.39 is 0 Å². The molecule has 4 nitrogen and oxygen atoms in total. The van der Waals surface area contributed by atoms with Crippen molar-refractivity contribution in [3.8, 4) is 0 Å². The van der Waals surface area contributed by atoms with Crippen molar-refractivity contribution in [3.05, 3.63) is 24.0 Å². The molecule has 0 bridgehead atoms. The molecule has 17 heavy (non-hydrogen) atoms. The summed E-state index contributed by atoms with van der Waals surface area (Å²) in [5.74, 6) is 0. The molecule has 1 heterocycles. The number of pyridine rings is 1. The van der Waals surface area contributed by atoms with E-state index in [1.165, 1.54) is 0 Å². The fourth-order valence-electron chi connectivity index (χ4n) is 1.61. The Morgan fingerprint density at radius 1 is 1.53 bits per heavy atom. The molecule has 0 spiro atoms. The van der Waals surface area contributed by atoms with Crippen molar-refractivity contribution in [3.63, 3.8) is 0 Å². The van der Waals surface area contributed by atoms with Crippen molar-refractivity contribution < 1.29 is 4.74 Å². The number of likely N-dealkylation sites (N-methyl/N-ethyl adjacent to an activating group) is 1. The van der Waals surface area contributed by atoms with Gasteiger partial charge in [0.25, 0.3) is 0 Å². The van der Waals surface area contributed by atoms with Gasteiger partial charge in [0.15, 0.2) is 0 Å². The molecule has 0 aromatic carbocycles. The van der Waals surface area contributed by atoms with Crippen LogP contribution < -0.4 is 10.6 Å². The highest BCUT2D eigenvalue weighted by atomic mass is 32.1. The Morgan fingerprint density at radius 3 is 2.88 bits per heavy atom. The average molecular weight is 253 g/mol. The summed E-state index contributed by atoms with van der Waals surface area (Å²) in [6, 6.07) is 1.85. The zero-order valence-electron chi connectivity index (χ0n) is 10.3. The molecule has 94 valence electrons. The Balaban J connectivity index is 2.83. The second-order valence-corrected chi connectivity index (χ2v) is 3.97. The fourth-order valence-corrected chi connectivity index (χ4v) is 1.79. The highest BCUT2D eigenvalue weighted by Crippen LogP contribution is 2.18. The summed E-state index contributed by atoms with van der Waals surface area (Å²) in [6.07, 6.45) is 3.50. The molecule has 0 atom stereocenters. The zero-order chi connectivity index (χ0) is 12.7. The van der Waals surface area contributed by atoms with Gasteiger partial charge in [-0.2, -0.15) is 0 Å². The van der Waals surface area contributed by atoms with Crippen LogP contribution in [0.15, 0.2) is 18.5 Å². The zero-order valence-corrected chi connectivity index (χ0v) is 11.2. The molecule has 1 aromatic heterocycles. The van der Waals surface area contributed by atoms with Crippen molar-refractivity contribution in [1.82, 2.24) is 4.98 Å². The predicted molar refractivity (Wildman–Crippen MR) is 74.5 cm³/mol. The summed E-state index contributed by atoms with van der Waals surface area (Å²) in [5, 5.41) is 0. The van der Waals surface area contributed by atoms with E-state index in [1.807, 2.05) is 13.0 Å². The first-order valence-electron chi connectivity index (χ1n) is 5.77. The molecule has 2 N–H and O–H groups in total. The molecule has 0 unspecified atom stereocenters. The van der Waals surface area contributed by atoms with Crippen LogP contribution in [0.2, 0.25) is 0 Å². The Labute approximate surface area is 108 Å². The van der Waals surface area contributed by atoms with Crippen LogP contribution in [0, 0.1) is 0 Å². The second-order valence-electron chi connectivity index (χ2n) is 3.53. The lowest BCUT2D eigenvalue weighted by atomic mass is 10.2. The van der Waals surface area contributed by atoms with E-state index in [9.17, 15) is 0 Å². The first-order valence-corrected chi connectivity index (χ1v) is 6.18. The van der Waals surface area contributed by atoms with Crippen LogP contribution in [-0.2, 0) is 4.74 Å². The fraction of sp³-hybridized carbons (Fsp3) is 0.500. The maximum Gasteiger partial charge on any atom is 0.106 e. The van der Waals surface area contributed by atoms with Gasteiger partial charge in [-0.05, 0) is 19.9 Å². The van der Waals surface area contributed by atoms with Crippen LogP contribution in [0.5, 0.6) is 0 Å². The number of rotatable bonds is 7. The largest absolute Gasteiger partial charge is 0.389 e. The minimum absolute atomic E-state index is 0.400. The summed E-state index contributed by atoms with van der Waals surface area (Å²) in [6.45, 7) is 7.17. The van der Waals surface area contributed by atoms with Gasteiger partial charge in [0.1, 0.15) is 4.99 Å². The summed E-state index contributed by atoms with van der Waals surface area (Å²) in [7, 11) is 0. The Hall–Kier alpha value is -1.20. The molecular formula is C12H19N3OS. The van der Waals surface area contributed by atoms with E-state index in [0.717, 1.165) is 30.9 Å². The summed E-state index contributed by atoms with van der Waals surface area (Å²) >= 11 is 5.04. The number of nitrogens with zero attached hydrogens (tertiary/aromatic N) is 2. The van der Waals surface area contributed by atoms with Crippen molar-refractivity contribution in [2.45, 2.75) is 13.8 Å². The van der Waals surface area contributed by atoms with Crippen LogP contribution in [-0.4, -0.2) is 36.3 Å². The lowest BCUT2D eigenvalue weighted by Gasteiger charge is -2.24. The van der Waals surface area contributed by atoms with Gasteiger partial charge in [0.05, 0.1) is 18.5 Å². The van der Waals surface area contributed by atoms with Crippen molar-refractivity contribution in [1.29, 1.82) is 0 Å². The summed E-state index contributed by atoms with van der Waals surface area (Å²) in [4.78, 5) is 6.69. The third kappa shape index (κ3) is 3.94. The maximum absolute atomic E-state index is 5.71. The monoisotopic (exact) mass is 253 g/mol. The third-order valence-corrected chi connectivity index (χ3v) is 2.72. The van der Waals surface area contributed by atoms with Crippen LogP contribution in [0.4, 0.5) is 5.69 Å². The number of ether oxygens (including phenoxy) is 1. The Kier molecular flexibility index (Phi) is 5.86. The molecule has 1 aromatic rings. The molecule has 0 fully saturated rings. The minimum atomic E-state index is 0.400. The van der Waals surface area contributed by atoms with Crippen LogP contribution in [0.1, 0.15) is 19.4 Å². The minimum Gasteiger partial charge on any atom is -0.389 e. The quantitative estimate of drug-likeness (QED) is 0.590. The van der Waals surface area contributed by atoms with Gasteiger partial charge in [0, 0.05) is 31.5 Å². The third-order valence-electron chi connectivity index (χ3n) is 2.50. The molecule has 0 amide bonds.